The Kier molecular flexibility index (Phi) is 5.39. The van der Waals surface area contributed by atoms with Gasteiger partial charge in [-0.05, 0) is 61.7 Å². The van der Waals surface area contributed by atoms with Crippen LogP contribution in [0.5, 0.6) is 0 Å². The maximum Gasteiger partial charge on any atom is 0.231 e. The summed E-state index contributed by atoms with van der Waals surface area (Å²) in [5.41, 5.74) is 8.46. The van der Waals surface area contributed by atoms with E-state index in [0.717, 1.165) is 54.8 Å². The van der Waals surface area contributed by atoms with Crippen molar-refractivity contribution in [2.45, 2.75) is 25.8 Å². The van der Waals surface area contributed by atoms with Crippen LogP contribution in [0.15, 0.2) is 48.5 Å². The van der Waals surface area contributed by atoms with Gasteiger partial charge in [0.05, 0.1) is 17.6 Å². The van der Waals surface area contributed by atoms with Crippen LogP contribution in [0.2, 0.25) is 0 Å². The van der Waals surface area contributed by atoms with E-state index in [1.54, 1.807) is 0 Å². The molecule has 2 N–H and O–H groups in total. The number of halogens is 1. The van der Waals surface area contributed by atoms with Crippen molar-refractivity contribution < 1.29 is 9.18 Å². The fourth-order valence-corrected chi connectivity index (χ4v) is 4.06. The van der Waals surface area contributed by atoms with Gasteiger partial charge in [-0.25, -0.2) is 9.37 Å². The van der Waals surface area contributed by atoms with Crippen LogP contribution >= 0.6 is 0 Å². The third-order valence-electron chi connectivity index (χ3n) is 5.55. The second-order valence-electron chi connectivity index (χ2n) is 7.62. The first-order chi connectivity index (χ1) is 13.6. The molecule has 28 heavy (non-hydrogen) atoms. The van der Waals surface area contributed by atoms with Crippen LogP contribution in [0.4, 0.5) is 4.39 Å². The van der Waals surface area contributed by atoms with Gasteiger partial charge >= 0.3 is 0 Å². The van der Waals surface area contributed by atoms with E-state index in [1.807, 2.05) is 30.3 Å². The third-order valence-corrected chi connectivity index (χ3v) is 5.55. The Morgan fingerprint density at radius 3 is 2.54 bits per heavy atom. The standard InChI is InChI=1S/C22H25FN4O/c23-18-7-5-17(6-8-18)14-27-20-4-2-1-3-19(20)25-22(27)13-16-9-11-26(12-10-16)15-21(24)28/h1-8,16H,9-15H2,(H2,24,28). The number of primary amides is 1. The first-order valence-corrected chi connectivity index (χ1v) is 9.78. The van der Waals surface area contributed by atoms with Gasteiger partial charge in [-0.2, -0.15) is 0 Å². The zero-order valence-corrected chi connectivity index (χ0v) is 15.9. The Morgan fingerprint density at radius 2 is 1.82 bits per heavy atom. The molecule has 2 heterocycles. The van der Waals surface area contributed by atoms with E-state index in [1.165, 1.54) is 12.1 Å². The third kappa shape index (κ3) is 4.22. The quantitative estimate of drug-likeness (QED) is 0.715. The Bertz CT molecular complexity index is 958. The molecule has 4 rings (SSSR count). The summed E-state index contributed by atoms with van der Waals surface area (Å²) < 4.78 is 15.5. The van der Waals surface area contributed by atoms with E-state index in [9.17, 15) is 9.18 Å². The van der Waals surface area contributed by atoms with Gasteiger partial charge in [0.25, 0.3) is 0 Å². The minimum Gasteiger partial charge on any atom is -0.369 e. The lowest BCUT2D eigenvalue weighted by atomic mass is 9.93. The smallest absolute Gasteiger partial charge is 0.231 e. The average molecular weight is 380 g/mol. The van der Waals surface area contributed by atoms with Crippen molar-refractivity contribution in [1.82, 2.24) is 14.5 Å². The molecule has 1 fully saturated rings. The largest absolute Gasteiger partial charge is 0.369 e. The number of rotatable bonds is 6. The fraction of sp³-hybridized carbons (Fsp3) is 0.364. The second kappa shape index (κ2) is 8.10. The summed E-state index contributed by atoms with van der Waals surface area (Å²) in [5.74, 6) is 1.12. The van der Waals surface area contributed by atoms with E-state index < -0.39 is 0 Å². The minimum atomic E-state index is -0.264. The van der Waals surface area contributed by atoms with Gasteiger partial charge < -0.3 is 10.3 Å². The van der Waals surface area contributed by atoms with E-state index in [4.69, 9.17) is 10.7 Å². The zero-order valence-electron chi connectivity index (χ0n) is 15.9. The number of para-hydroxylation sites is 2. The molecule has 1 aliphatic heterocycles. The summed E-state index contributed by atoms with van der Waals surface area (Å²) in [4.78, 5) is 18.1. The number of hydrogen-bond donors (Lipinski definition) is 1. The number of nitrogens with zero attached hydrogens (tertiary/aromatic N) is 3. The highest BCUT2D eigenvalue weighted by molar-refractivity contribution is 5.76. The molecule has 0 saturated carbocycles. The highest BCUT2D eigenvalue weighted by Gasteiger charge is 2.23. The molecule has 146 valence electrons. The summed E-state index contributed by atoms with van der Waals surface area (Å²) in [5, 5.41) is 0. The van der Waals surface area contributed by atoms with Crippen molar-refractivity contribution in [3.8, 4) is 0 Å². The van der Waals surface area contributed by atoms with Gasteiger partial charge in [-0.15, -0.1) is 0 Å². The molecular formula is C22H25FN4O. The van der Waals surface area contributed by atoms with Crippen molar-refractivity contribution in [2.24, 2.45) is 11.7 Å². The normalized spacial score (nSPS) is 15.9. The van der Waals surface area contributed by atoms with Crippen LogP contribution in [0.25, 0.3) is 11.0 Å². The Morgan fingerprint density at radius 1 is 1.11 bits per heavy atom. The Hall–Kier alpha value is -2.73. The number of likely N-dealkylation sites (tertiary alicyclic amines) is 1. The fourth-order valence-electron chi connectivity index (χ4n) is 4.06. The predicted octanol–water partition coefficient (Wildman–Crippen LogP) is 2.96. The number of nitrogens with two attached hydrogens (primary N) is 1. The molecule has 0 aliphatic carbocycles. The number of piperidine rings is 1. The number of amides is 1. The molecule has 2 aromatic carbocycles. The van der Waals surface area contributed by atoms with Crippen molar-refractivity contribution in [1.29, 1.82) is 0 Å². The van der Waals surface area contributed by atoms with E-state index in [-0.39, 0.29) is 11.7 Å². The zero-order chi connectivity index (χ0) is 19.5. The maximum absolute atomic E-state index is 13.3. The highest BCUT2D eigenvalue weighted by Crippen LogP contribution is 2.25. The van der Waals surface area contributed by atoms with Crippen molar-refractivity contribution in [3.63, 3.8) is 0 Å². The van der Waals surface area contributed by atoms with Gasteiger partial charge in [0, 0.05) is 13.0 Å². The summed E-state index contributed by atoms with van der Waals surface area (Å²) in [7, 11) is 0. The van der Waals surface area contributed by atoms with Crippen molar-refractivity contribution >= 4 is 16.9 Å². The lowest BCUT2D eigenvalue weighted by molar-refractivity contribution is -0.119. The van der Waals surface area contributed by atoms with E-state index in [2.05, 4.69) is 15.5 Å². The number of imidazole rings is 1. The van der Waals surface area contributed by atoms with Gasteiger partial charge in [-0.3, -0.25) is 9.69 Å². The topological polar surface area (TPSA) is 64.2 Å². The predicted molar refractivity (Wildman–Crippen MR) is 107 cm³/mol. The second-order valence-corrected chi connectivity index (χ2v) is 7.62. The molecule has 1 saturated heterocycles. The lowest BCUT2D eigenvalue weighted by Crippen LogP contribution is -2.40. The lowest BCUT2D eigenvalue weighted by Gasteiger charge is -2.31. The minimum absolute atomic E-state index is 0.220. The molecule has 5 nitrogen and oxygen atoms in total. The number of hydrogen-bond acceptors (Lipinski definition) is 3. The maximum atomic E-state index is 13.3. The molecule has 0 radical (unpaired) electrons. The van der Waals surface area contributed by atoms with E-state index >= 15 is 0 Å². The molecule has 1 aliphatic rings. The van der Waals surface area contributed by atoms with Gasteiger partial charge in [0.15, 0.2) is 0 Å². The summed E-state index contributed by atoms with van der Waals surface area (Å²) in [6, 6.07) is 14.8. The molecule has 0 atom stereocenters. The van der Waals surface area contributed by atoms with Crippen LogP contribution < -0.4 is 5.73 Å². The van der Waals surface area contributed by atoms with Gasteiger partial charge in [-0.1, -0.05) is 24.3 Å². The van der Waals surface area contributed by atoms with Crippen LogP contribution in [0, 0.1) is 11.7 Å². The summed E-state index contributed by atoms with van der Waals surface area (Å²) >= 11 is 0. The first kappa shape index (κ1) is 18.6. The number of benzene rings is 2. The molecular weight excluding hydrogens is 355 g/mol. The molecule has 0 unspecified atom stereocenters. The molecule has 6 heteroatoms. The summed E-state index contributed by atoms with van der Waals surface area (Å²) in [6.07, 6.45) is 2.97. The molecule has 3 aromatic rings. The van der Waals surface area contributed by atoms with Crippen LogP contribution in [-0.2, 0) is 17.8 Å². The SMILES string of the molecule is NC(=O)CN1CCC(Cc2nc3ccccc3n2Cc2ccc(F)cc2)CC1. The number of carbonyl (C=O) groups is 1. The Balaban J connectivity index is 1.53. The van der Waals surface area contributed by atoms with Crippen LogP contribution in [0.3, 0.4) is 0 Å². The molecule has 1 amide bonds. The van der Waals surface area contributed by atoms with Crippen molar-refractivity contribution in [3.05, 3.63) is 65.7 Å². The number of fused-ring (bicyclic) bond motifs is 1. The van der Waals surface area contributed by atoms with Crippen LogP contribution in [-0.4, -0.2) is 40.0 Å². The van der Waals surface area contributed by atoms with Crippen molar-refractivity contribution in [2.75, 3.05) is 19.6 Å². The molecule has 0 spiro atoms. The van der Waals surface area contributed by atoms with Gasteiger partial charge in [0.2, 0.25) is 5.91 Å². The molecule has 0 bridgehead atoms. The van der Waals surface area contributed by atoms with Gasteiger partial charge in [0.1, 0.15) is 11.6 Å². The summed E-state index contributed by atoms with van der Waals surface area (Å²) in [6.45, 7) is 2.81. The first-order valence-electron chi connectivity index (χ1n) is 9.78. The van der Waals surface area contributed by atoms with Crippen LogP contribution in [0.1, 0.15) is 24.2 Å². The monoisotopic (exact) mass is 380 g/mol. The number of aromatic nitrogens is 2. The average Bonchev–Trinajstić information content (AvgIpc) is 3.02. The Labute approximate surface area is 164 Å². The van der Waals surface area contributed by atoms with E-state index in [0.29, 0.717) is 19.0 Å². The molecule has 1 aromatic heterocycles. The highest BCUT2D eigenvalue weighted by atomic mass is 19.1. The number of carbonyl (C=O) groups excluding carboxylic acids is 1.